The largest absolute Gasteiger partial charge is 0.349 e. The summed E-state index contributed by atoms with van der Waals surface area (Å²) in [6, 6.07) is 0. The molecule has 0 saturated heterocycles. The van der Waals surface area contributed by atoms with E-state index >= 15 is 0 Å². The van der Waals surface area contributed by atoms with E-state index in [-0.39, 0.29) is 28.2 Å². The van der Waals surface area contributed by atoms with Crippen LogP contribution in [0.5, 0.6) is 0 Å². The van der Waals surface area contributed by atoms with E-state index in [4.69, 9.17) is 0 Å². The highest BCUT2D eigenvalue weighted by atomic mass is 79.9. The zero-order chi connectivity index (χ0) is 13.5. The lowest BCUT2D eigenvalue weighted by Crippen LogP contribution is -2.52. The van der Waals surface area contributed by atoms with Gasteiger partial charge in [0.25, 0.3) is 0 Å². The Morgan fingerprint density at radius 3 is 1.82 bits per heavy atom. The monoisotopic (exact) mass is 367 g/mol. The zero-order valence-corrected chi connectivity index (χ0v) is 14.5. The maximum atomic E-state index is 12.4. The van der Waals surface area contributed by atoms with Gasteiger partial charge >= 0.3 is 0 Å². The molecule has 0 spiro atoms. The Morgan fingerprint density at radius 1 is 1.18 bits per heavy atom. The third-order valence-corrected chi connectivity index (χ3v) is 7.01. The first-order valence-corrected chi connectivity index (χ1v) is 8.37. The van der Waals surface area contributed by atoms with Crippen molar-refractivity contribution in [1.82, 2.24) is 5.32 Å². The van der Waals surface area contributed by atoms with Gasteiger partial charge in [-0.2, -0.15) is 0 Å². The van der Waals surface area contributed by atoms with Gasteiger partial charge in [-0.1, -0.05) is 66.5 Å². The Balaban J connectivity index is 2.75. The Hall–Kier alpha value is 0.430. The second-order valence-electron chi connectivity index (χ2n) is 6.27. The summed E-state index contributed by atoms with van der Waals surface area (Å²) in [7, 11) is 0. The first kappa shape index (κ1) is 15.5. The van der Waals surface area contributed by atoms with Crippen LogP contribution in [0.25, 0.3) is 0 Å². The topological polar surface area (TPSA) is 29.1 Å². The molecule has 1 aliphatic carbocycles. The third kappa shape index (κ3) is 2.44. The molecule has 0 aliphatic heterocycles. The number of nitrogens with one attached hydrogen (secondary N) is 1. The van der Waals surface area contributed by atoms with Crippen molar-refractivity contribution in [3.05, 3.63) is 0 Å². The standard InChI is InChI=1S/C13H23Br2NO/c1-6-13(7-14,8-15)16-10(17)9-11(2,3)12(9,4)5/h9H,6-8H2,1-5H3,(H,16,17). The molecular weight excluding hydrogens is 346 g/mol. The van der Waals surface area contributed by atoms with Gasteiger partial charge in [-0.25, -0.2) is 0 Å². The normalized spacial score (nSPS) is 22.3. The van der Waals surface area contributed by atoms with Crippen molar-refractivity contribution in [2.24, 2.45) is 16.7 Å². The maximum Gasteiger partial charge on any atom is 0.224 e. The summed E-state index contributed by atoms with van der Waals surface area (Å²) in [6.45, 7) is 10.8. The highest BCUT2D eigenvalue weighted by molar-refractivity contribution is 9.09. The summed E-state index contributed by atoms with van der Waals surface area (Å²) >= 11 is 7.01. The number of hydrogen-bond donors (Lipinski definition) is 1. The average Bonchev–Trinajstić information content (AvgIpc) is 2.66. The number of carbonyl (C=O) groups excluding carboxylic acids is 1. The molecule has 0 aromatic heterocycles. The van der Waals surface area contributed by atoms with Crippen LogP contribution in [0.1, 0.15) is 41.0 Å². The van der Waals surface area contributed by atoms with Crippen molar-refractivity contribution in [2.45, 2.75) is 46.6 Å². The molecule has 1 amide bonds. The molecule has 0 atom stereocenters. The summed E-state index contributed by atoms with van der Waals surface area (Å²) in [5.41, 5.74) is 0.0518. The van der Waals surface area contributed by atoms with Crippen LogP contribution in [0.2, 0.25) is 0 Å². The molecule has 1 fully saturated rings. The number of alkyl halides is 2. The van der Waals surface area contributed by atoms with Gasteiger partial charge in [0.1, 0.15) is 0 Å². The van der Waals surface area contributed by atoms with Gasteiger partial charge in [-0.15, -0.1) is 0 Å². The summed E-state index contributed by atoms with van der Waals surface area (Å²) in [5.74, 6) is 0.319. The molecule has 0 radical (unpaired) electrons. The summed E-state index contributed by atoms with van der Waals surface area (Å²) in [4.78, 5) is 12.4. The number of halogens is 2. The minimum Gasteiger partial charge on any atom is -0.349 e. The Bertz CT molecular complexity index is 286. The molecule has 4 heteroatoms. The van der Waals surface area contributed by atoms with E-state index in [1.54, 1.807) is 0 Å². The fourth-order valence-corrected chi connectivity index (χ4v) is 4.57. The highest BCUT2D eigenvalue weighted by Gasteiger charge is 2.68. The Kier molecular flexibility index (Phi) is 4.41. The fourth-order valence-electron chi connectivity index (χ4n) is 2.57. The van der Waals surface area contributed by atoms with Gasteiger partial charge in [0, 0.05) is 16.6 Å². The molecule has 1 aliphatic rings. The van der Waals surface area contributed by atoms with Crippen molar-refractivity contribution in [3.8, 4) is 0 Å². The lowest BCUT2D eigenvalue weighted by atomic mass is 10.0. The molecule has 1 saturated carbocycles. The van der Waals surface area contributed by atoms with Gasteiger partial charge in [0.05, 0.1) is 5.54 Å². The SMILES string of the molecule is CCC(CBr)(CBr)NC(=O)C1C(C)(C)C1(C)C. The molecule has 0 aromatic rings. The van der Waals surface area contributed by atoms with Gasteiger partial charge in [0.15, 0.2) is 0 Å². The van der Waals surface area contributed by atoms with E-state index < -0.39 is 0 Å². The van der Waals surface area contributed by atoms with Crippen LogP contribution in [0.15, 0.2) is 0 Å². The minimum atomic E-state index is -0.161. The van der Waals surface area contributed by atoms with Crippen LogP contribution in [-0.2, 0) is 4.79 Å². The van der Waals surface area contributed by atoms with E-state index in [0.717, 1.165) is 17.1 Å². The Morgan fingerprint density at radius 2 is 1.59 bits per heavy atom. The first-order chi connectivity index (χ1) is 7.68. The minimum absolute atomic E-state index is 0.106. The molecule has 0 aromatic carbocycles. The van der Waals surface area contributed by atoms with Crippen molar-refractivity contribution in [3.63, 3.8) is 0 Å². The number of hydrogen-bond acceptors (Lipinski definition) is 1. The third-order valence-electron chi connectivity index (χ3n) is 4.86. The molecular formula is C13H23Br2NO. The summed E-state index contributed by atoms with van der Waals surface area (Å²) in [6.07, 6.45) is 0.919. The first-order valence-electron chi connectivity index (χ1n) is 6.12. The fraction of sp³-hybridized carbons (Fsp3) is 0.923. The molecule has 2 nitrogen and oxygen atoms in total. The second-order valence-corrected chi connectivity index (χ2v) is 7.39. The van der Waals surface area contributed by atoms with Crippen molar-refractivity contribution in [1.29, 1.82) is 0 Å². The lowest BCUT2D eigenvalue weighted by Gasteiger charge is -2.30. The molecule has 1 rings (SSSR count). The van der Waals surface area contributed by atoms with E-state index in [1.807, 2.05) is 0 Å². The molecule has 1 N–H and O–H groups in total. The number of rotatable bonds is 5. The molecule has 0 heterocycles. The van der Waals surface area contributed by atoms with Crippen LogP contribution in [-0.4, -0.2) is 22.1 Å². The average molecular weight is 369 g/mol. The highest BCUT2D eigenvalue weighted by Crippen LogP contribution is 2.68. The van der Waals surface area contributed by atoms with Gasteiger partial charge < -0.3 is 5.32 Å². The summed E-state index contributed by atoms with van der Waals surface area (Å²) in [5, 5.41) is 4.78. The van der Waals surface area contributed by atoms with Crippen LogP contribution >= 0.6 is 31.9 Å². The predicted molar refractivity (Wildman–Crippen MR) is 79.8 cm³/mol. The van der Waals surface area contributed by atoms with E-state index in [0.29, 0.717) is 0 Å². The molecule has 17 heavy (non-hydrogen) atoms. The zero-order valence-electron chi connectivity index (χ0n) is 11.4. The Labute approximate surface area is 122 Å². The number of carbonyl (C=O) groups is 1. The molecule has 0 unspecified atom stereocenters. The number of amides is 1. The van der Waals surface area contributed by atoms with Crippen LogP contribution in [0.4, 0.5) is 0 Å². The van der Waals surface area contributed by atoms with Crippen molar-refractivity contribution < 1.29 is 4.79 Å². The predicted octanol–water partition coefficient (Wildman–Crippen LogP) is 3.72. The van der Waals surface area contributed by atoms with E-state index in [2.05, 4.69) is 71.8 Å². The summed E-state index contributed by atoms with van der Waals surface area (Å²) < 4.78 is 0. The van der Waals surface area contributed by atoms with Crippen LogP contribution < -0.4 is 5.32 Å². The van der Waals surface area contributed by atoms with Crippen molar-refractivity contribution in [2.75, 3.05) is 10.7 Å². The quantitative estimate of drug-likeness (QED) is 0.736. The van der Waals surface area contributed by atoms with Gasteiger partial charge in [-0.3, -0.25) is 4.79 Å². The van der Waals surface area contributed by atoms with Gasteiger partial charge in [0.2, 0.25) is 5.91 Å². The molecule has 0 bridgehead atoms. The van der Waals surface area contributed by atoms with E-state index in [9.17, 15) is 4.79 Å². The second kappa shape index (κ2) is 4.84. The molecule has 100 valence electrons. The maximum absolute atomic E-state index is 12.4. The lowest BCUT2D eigenvalue weighted by molar-refractivity contribution is -0.125. The van der Waals surface area contributed by atoms with Crippen molar-refractivity contribution >= 4 is 37.8 Å². The van der Waals surface area contributed by atoms with Crippen LogP contribution in [0.3, 0.4) is 0 Å². The smallest absolute Gasteiger partial charge is 0.224 e. The van der Waals surface area contributed by atoms with Gasteiger partial charge in [-0.05, 0) is 17.3 Å². The van der Waals surface area contributed by atoms with E-state index in [1.165, 1.54) is 0 Å². The van der Waals surface area contributed by atoms with Crippen LogP contribution in [0, 0.1) is 16.7 Å².